The Morgan fingerprint density at radius 1 is 1.00 bits per heavy atom. The number of hydrogen-bond donors (Lipinski definition) is 2. The first-order valence-electron chi connectivity index (χ1n) is 12.2. The molecule has 10 heteroatoms. The molecule has 198 valence electrons. The van der Waals surface area contributed by atoms with Crippen LogP contribution in [0.3, 0.4) is 0 Å². The molecular formula is C27H32Cl2N4O4. The van der Waals surface area contributed by atoms with Gasteiger partial charge in [-0.1, -0.05) is 61.3 Å². The van der Waals surface area contributed by atoms with E-state index in [0.29, 0.717) is 27.6 Å². The highest BCUT2D eigenvalue weighted by atomic mass is 35.5. The monoisotopic (exact) mass is 546 g/mol. The number of hydrazine groups is 1. The fourth-order valence-corrected chi connectivity index (χ4v) is 4.64. The Morgan fingerprint density at radius 3 is 2.30 bits per heavy atom. The molecule has 1 unspecified atom stereocenters. The first-order valence-corrected chi connectivity index (χ1v) is 12.9. The van der Waals surface area contributed by atoms with E-state index in [4.69, 9.17) is 23.2 Å². The number of carbonyl (C=O) groups is 4. The molecule has 3 rings (SSSR count). The predicted octanol–water partition coefficient (Wildman–Crippen LogP) is 4.16. The number of nitrogens with one attached hydrogen (secondary N) is 2. The van der Waals surface area contributed by atoms with Crippen LogP contribution in [-0.4, -0.2) is 52.8 Å². The van der Waals surface area contributed by atoms with Crippen molar-refractivity contribution in [1.29, 1.82) is 0 Å². The van der Waals surface area contributed by atoms with Crippen molar-refractivity contribution in [3.63, 3.8) is 0 Å². The number of hydrogen-bond acceptors (Lipinski definition) is 4. The molecule has 1 aliphatic rings. The van der Waals surface area contributed by atoms with Gasteiger partial charge in [-0.2, -0.15) is 0 Å². The van der Waals surface area contributed by atoms with E-state index in [1.165, 1.54) is 17.1 Å². The van der Waals surface area contributed by atoms with Crippen molar-refractivity contribution in [3.8, 4) is 0 Å². The minimum atomic E-state index is -1.09. The largest absolute Gasteiger partial charge is 0.344 e. The highest BCUT2D eigenvalue weighted by Gasteiger charge is 2.40. The third-order valence-electron chi connectivity index (χ3n) is 6.27. The highest BCUT2D eigenvalue weighted by Crippen LogP contribution is 2.28. The molecule has 0 radical (unpaired) electrons. The molecule has 2 aromatic carbocycles. The Balaban J connectivity index is 1.78. The summed E-state index contributed by atoms with van der Waals surface area (Å²) in [6, 6.07) is 9.66. The Hall–Kier alpha value is -3.10. The fraction of sp³-hybridized carbons (Fsp3) is 0.407. The maximum Gasteiger partial charge on any atom is 0.273 e. The number of amides is 4. The summed E-state index contributed by atoms with van der Waals surface area (Å²) in [4.78, 5) is 52.8. The van der Waals surface area contributed by atoms with Gasteiger partial charge in [-0.15, -0.1) is 0 Å². The summed E-state index contributed by atoms with van der Waals surface area (Å²) in [6.07, 6.45) is 0.557. The topological polar surface area (TPSA) is 98.8 Å². The van der Waals surface area contributed by atoms with Crippen LogP contribution in [0.5, 0.6) is 0 Å². The van der Waals surface area contributed by atoms with Crippen molar-refractivity contribution in [2.45, 2.75) is 58.7 Å². The van der Waals surface area contributed by atoms with Crippen molar-refractivity contribution in [1.82, 2.24) is 20.7 Å². The molecule has 2 aromatic rings. The van der Waals surface area contributed by atoms with Gasteiger partial charge in [0.2, 0.25) is 11.8 Å². The molecule has 0 bridgehead atoms. The smallest absolute Gasteiger partial charge is 0.273 e. The zero-order valence-corrected chi connectivity index (χ0v) is 23.1. The molecule has 0 aromatic heterocycles. The molecule has 8 nitrogen and oxygen atoms in total. The van der Waals surface area contributed by atoms with Crippen molar-refractivity contribution in [2.24, 2.45) is 5.92 Å². The third-order valence-corrected chi connectivity index (χ3v) is 7.00. The standard InChI is InChI=1S/C27H32Cl2N4O4/c1-15(2)23(30-22(34)13-11-17-10-12-20(28)21(29)14-17)25(35)31-24-18-8-6-7-9-19(18)26(36)33(16(3)4)32(5)27(24)37/h6-10,12,14-16,23-24H,11,13H2,1-5H3,(H,30,34)(H,31,35)/t23-,24?/m0/s1. The predicted molar refractivity (Wildman–Crippen MR) is 143 cm³/mol. The summed E-state index contributed by atoms with van der Waals surface area (Å²) in [5.74, 6) is -1.85. The lowest BCUT2D eigenvalue weighted by Crippen LogP contribution is -2.54. The van der Waals surface area contributed by atoms with E-state index in [1.807, 2.05) is 27.7 Å². The first kappa shape index (κ1) is 28.5. The number of likely N-dealkylation sites (N-methyl/N-ethyl adjacent to an activating group) is 1. The van der Waals surface area contributed by atoms with Crippen molar-refractivity contribution in [2.75, 3.05) is 7.05 Å². The minimum absolute atomic E-state index is 0.139. The second kappa shape index (κ2) is 12.0. The van der Waals surface area contributed by atoms with Crippen molar-refractivity contribution in [3.05, 3.63) is 69.2 Å². The van der Waals surface area contributed by atoms with Crippen LogP contribution < -0.4 is 10.6 Å². The zero-order valence-electron chi connectivity index (χ0n) is 21.5. The molecule has 1 aliphatic heterocycles. The van der Waals surface area contributed by atoms with E-state index in [2.05, 4.69) is 10.6 Å². The van der Waals surface area contributed by atoms with Gasteiger partial charge >= 0.3 is 0 Å². The summed E-state index contributed by atoms with van der Waals surface area (Å²) < 4.78 is 0. The second-order valence-corrected chi connectivity index (χ2v) is 10.5. The molecular weight excluding hydrogens is 515 g/mol. The molecule has 0 saturated heterocycles. The van der Waals surface area contributed by atoms with E-state index in [0.717, 1.165) is 5.56 Å². The van der Waals surface area contributed by atoms with Gasteiger partial charge in [0.05, 0.1) is 10.0 Å². The van der Waals surface area contributed by atoms with Crippen LogP contribution in [0.1, 0.15) is 61.6 Å². The molecule has 2 atom stereocenters. The van der Waals surface area contributed by atoms with Crippen molar-refractivity contribution >= 4 is 46.8 Å². The summed E-state index contributed by atoms with van der Waals surface area (Å²) >= 11 is 12.0. The van der Waals surface area contributed by atoms with E-state index < -0.39 is 23.9 Å². The van der Waals surface area contributed by atoms with Gasteiger partial charge in [-0.3, -0.25) is 24.2 Å². The van der Waals surface area contributed by atoms with E-state index in [9.17, 15) is 19.2 Å². The van der Waals surface area contributed by atoms with E-state index in [1.54, 1.807) is 42.5 Å². The normalized spacial score (nSPS) is 16.5. The molecule has 0 saturated carbocycles. The van der Waals surface area contributed by atoms with Crippen LogP contribution in [0.4, 0.5) is 0 Å². The first-order chi connectivity index (χ1) is 17.4. The maximum absolute atomic E-state index is 13.4. The van der Waals surface area contributed by atoms with Crippen LogP contribution in [0.15, 0.2) is 42.5 Å². The number of benzene rings is 2. The number of rotatable bonds is 8. The van der Waals surface area contributed by atoms with E-state index >= 15 is 0 Å². The van der Waals surface area contributed by atoms with Gasteiger partial charge in [-0.05, 0) is 55.5 Å². The lowest BCUT2D eigenvalue weighted by atomic mass is 9.97. The number of halogens is 2. The van der Waals surface area contributed by atoms with Gasteiger partial charge in [0.1, 0.15) is 12.1 Å². The Morgan fingerprint density at radius 2 is 1.68 bits per heavy atom. The van der Waals surface area contributed by atoms with E-state index in [-0.39, 0.29) is 30.2 Å². The molecule has 1 heterocycles. The fourth-order valence-electron chi connectivity index (χ4n) is 4.32. The number of carbonyl (C=O) groups excluding carboxylic acids is 4. The number of aryl methyl sites for hydroxylation is 1. The molecule has 4 amide bonds. The number of nitrogens with zero attached hydrogens (tertiary/aromatic N) is 2. The molecule has 0 spiro atoms. The van der Waals surface area contributed by atoms with Gasteiger partial charge in [0, 0.05) is 25.1 Å². The Bertz CT molecular complexity index is 1200. The highest BCUT2D eigenvalue weighted by molar-refractivity contribution is 6.42. The average molecular weight is 547 g/mol. The zero-order chi connectivity index (χ0) is 27.4. The average Bonchev–Trinajstić information content (AvgIpc) is 2.92. The van der Waals surface area contributed by atoms with Crippen LogP contribution >= 0.6 is 23.2 Å². The summed E-state index contributed by atoms with van der Waals surface area (Å²) in [6.45, 7) is 7.24. The van der Waals surface area contributed by atoms with Crippen LogP contribution in [-0.2, 0) is 20.8 Å². The quantitative estimate of drug-likeness (QED) is 0.519. The maximum atomic E-state index is 13.4. The van der Waals surface area contributed by atoms with Gasteiger partial charge < -0.3 is 10.6 Å². The van der Waals surface area contributed by atoms with Crippen LogP contribution in [0.2, 0.25) is 10.0 Å². The van der Waals surface area contributed by atoms with Gasteiger partial charge in [-0.25, -0.2) is 5.01 Å². The van der Waals surface area contributed by atoms with Crippen LogP contribution in [0.25, 0.3) is 0 Å². The summed E-state index contributed by atoms with van der Waals surface area (Å²) in [7, 11) is 1.51. The molecule has 0 fully saturated rings. The Labute approximate surface area is 227 Å². The van der Waals surface area contributed by atoms with Crippen molar-refractivity contribution < 1.29 is 19.2 Å². The lowest BCUT2D eigenvalue weighted by Gasteiger charge is -2.34. The third kappa shape index (κ3) is 6.43. The second-order valence-electron chi connectivity index (χ2n) is 9.67. The van der Waals surface area contributed by atoms with Gasteiger partial charge in [0.25, 0.3) is 11.8 Å². The SMILES string of the molecule is CC(C)[C@H](NC(=O)CCc1ccc(Cl)c(Cl)c1)C(=O)NC1C(=O)N(C)N(C(C)C)C(=O)c2ccccc21. The minimum Gasteiger partial charge on any atom is -0.344 e. The molecule has 37 heavy (non-hydrogen) atoms. The molecule has 2 N–H and O–H groups in total. The summed E-state index contributed by atoms with van der Waals surface area (Å²) in [5.41, 5.74) is 1.60. The summed E-state index contributed by atoms with van der Waals surface area (Å²) in [5, 5.41) is 9.05. The number of fused-ring (bicyclic) bond motifs is 1. The van der Waals surface area contributed by atoms with Crippen LogP contribution in [0, 0.1) is 5.92 Å². The Kier molecular flexibility index (Phi) is 9.21. The van der Waals surface area contributed by atoms with Gasteiger partial charge in [0.15, 0.2) is 0 Å². The lowest BCUT2D eigenvalue weighted by molar-refractivity contribution is -0.147. The molecule has 0 aliphatic carbocycles.